The number of carbonyl (C=O) groups is 1. The molecule has 0 aromatic rings. The quantitative estimate of drug-likeness (QED) is 0.328. The van der Waals surface area contributed by atoms with E-state index in [9.17, 15) is 4.79 Å². The van der Waals surface area contributed by atoms with Gasteiger partial charge in [0.2, 0.25) is 0 Å². The summed E-state index contributed by atoms with van der Waals surface area (Å²) in [6.45, 7) is 0.0656. The van der Waals surface area contributed by atoms with Gasteiger partial charge in [-0.2, -0.15) is 0 Å². The van der Waals surface area contributed by atoms with Crippen LogP contribution in [0.25, 0.3) is 0 Å². The number of nitrogens with one attached hydrogen (secondary N) is 1. The Morgan fingerprint density at radius 2 is 2.08 bits per heavy atom. The molecule has 0 aliphatic heterocycles. The first-order valence-electron chi connectivity index (χ1n) is 3.47. The van der Waals surface area contributed by atoms with Gasteiger partial charge < -0.3 is 24.4 Å². The molecule has 0 fully saturated rings. The van der Waals surface area contributed by atoms with Gasteiger partial charge in [-0.05, 0) is 6.42 Å². The smallest absolute Gasteiger partial charge is 0.450 e. The average molecular weight is 195 g/mol. The summed E-state index contributed by atoms with van der Waals surface area (Å²) in [4.78, 5) is 36.0. The van der Waals surface area contributed by atoms with Crippen LogP contribution in [-0.4, -0.2) is 42.9 Å². The molecule has 0 aromatic carbocycles. The van der Waals surface area contributed by atoms with Crippen LogP contribution >= 0.6 is 0 Å². The van der Waals surface area contributed by atoms with E-state index in [1.807, 2.05) is 0 Å². The van der Waals surface area contributed by atoms with Crippen LogP contribution < -0.4 is 5.32 Å². The molecule has 0 bridgehead atoms. The molecule has 0 aliphatic carbocycles. The maximum atomic E-state index is 10.4. The highest BCUT2D eigenvalue weighted by atomic mass is 28.4. The molecule has 0 spiro atoms. The minimum absolute atomic E-state index is 0.0656. The van der Waals surface area contributed by atoms with Crippen LogP contribution in [0.4, 0.5) is 4.79 Å². The summed E-state index contributed by atoms with van der Waals surface area (Å²) in [5.41, 5.74) is 0. The molecule has 0 heterocycles. The molecule has 12 heavy (non-hydrogen) atoms. The molecule has 72 valence electrons. The van der Waals surface area contributed by atoms with Crippen molar-refractivity contribution in [2.45, 2.75) is 12.5 Å². The van der Waals surface area contributed by atoms with Gasteiger partial charge in [-0.3, -0.25) is 0 Å². The fourth-order valence-electron chi connectivity index (χ4n) is 0.546. The third-order valence-electron chi connectivity index (χ3n) is 1.09. The molecule has 0 saturated heterocycles. The standard InChI is InChI=1S/C5H13NO5Si/c1-6-5(7)11-3-2-4-12(8,9)10/h8-10H,2-4H2,1H3,(H,6,7). The van der Waals surface area contributed by atoms with E-state index < -0.39 is 14.9 Å². The van der Waals surface area contributed by atoms with Crippen LogP contribution in [0.1, 0.15) is 6.42 Å². The van der Waals surface area contributed by atoms with Crippen molar-refractivity contribution < 1.29 is 23.9 Å². The van der Waals surface area contributed by atoms with Crippen molar-refractivity contribution in [1.82, 2.24) is 5.32 Å². The molecule has 0 radical (unpaired) electrons. The molecule has 0 aliphatic rings. The van der Waals surface area contributed by atoms with Crippen molar-refractivity contribution in [2.75, 3.05) is 13.7 Å². The highest BCUT2D eigenvalue weighted by Crippen LogP contribution is 2.00. The van der Waals surface area contributed by atoms with Crippen molar-refractivity contribution in [2.24, 2.45) is 0 Å². The molecule has 0 unspecified atom stereocenters. The van der Waals surface area contributed by atoms with E-state index in [0.717, 1.165) is 0 Å². The minimum Gasteiger partial charge on any atom is -0.450 e. The van der Waals surface area contributed by atoms with Crippen LogP contribution in [0.2, 0.25) is 6.04 Å². The van der Waals surface area contributed by atoms with E-state index in [1.165, 1.54) is 7.05 Å². The number of ether oxygens (including phenoxy) is 1. The highest BCUT2D eigenvalue weighted by molar-refractivity contribution is 6.56. The van der Waals surface area contributed by atoms with E-state index in [0.29, 0.717) is 0 Å². The number of carbonyl (C=O) groups excluding carboxylic acids is 1. The van der Waals surface area contributed by atoms with Crippen molar-refractivity contribution in [3.05, 3.63) is 0 Å². The molecule has 0 aromatic heterocycles. The van der Waals surface area contributed by atoms with E-state index in [2.05, 4.69) is 10.1 Å². The van der Waals surface area contributed by atoms with Crippen LogP contribution in [0, 0.1) is 0 Å². The first-order valence-corrected chi connectivity index (χ1v) is 5.52. The summed E-state index contributed by atoms with van der Waals surface area (Å²) >= 11 is 0. The predicted molar refractivity (Wildman–Crippen MR) is 42.2 cm³/mol. The summed E-state index contributed by atoms with van der Waals surface area (Å²) in [6.07, 6.45) is -0.334. The zero-order valence-electron chi connectivity index (χ0n) is 6.78. The van der Waals surface area contributed by atoms with Crippen molar-refractivity contribution in [3.8, 4) is 0 Å². The van der Waals surface area contributed by atoms with Crippen LogP contribution in [0.5, 0.6) is 0 Å². The summed E-state index contributed by atoms with van der Waals surface area (Å²) in [7, 11) is -2.53. The Kier molecular flexibility index (Phi) is 4.82. The molecule has 6 nitrogen and oxygen atoms in total. The molecular formula is C5H13NO5Si. The summed E-state index contributed by atoms with van der Waals surface area (Å²) < 4.78 is 4.53. The van der Waals surface area contributed by atoms with Crippen molar-refractivity contribution >= 4 is 14.9 Å². The SMILES string of the molecule is CNC(=O)OCCC[Si](O)(O)O. The first kappa shape index (κ1) is 11.4. The molecule has 0 saturated carbocycles. The second-order valence-electron chi connectivity index (χ2n) is 2.26. The molecule has 7 heteroatoms. The lowest BCUT2D eigenvalue weighted by molar-refractivity contribution is 0.145. The van der Waals surface area contributed by atoms with Crippen molar-refractivity contribution in [1.29, 1.82) is 0 Å². The fourth-order valence-corrected chi connectivity index (χ4v) is 1.17. The first-order chi connectivity index (χ1) is 5.45. The largest absolute Gasteiger partial charge is 0.492 e. The number of hydrogen-bond acceptors (Lipinski definition) is 5. The normalized spacial score (nSPS) is 11.0. The molecule has 0 atom stereocenters. The number of hydrogen-bond donors (Lipinski definition) is 4. The Bertz CT molecular complexity index is 145. The highest BCUT2D eigenvalue weighted by Gasteiger charge is 2.25. The fraction of sp³-hybridized carbons (Fsp3) is 0.800. The van der Waals surface area contributed by atoms with E-state index in [-0.39, 0.29) is 19.1 Å². The van der Waals surface area contributed by atoms with Crippen LogP contribution in [0.15, 0.2) is 0 Å². The molecule has 1 amide bonds. The summed E-state index contributed by atoms with van der Waals surface area (Å²) in [6, 6.07) is -0.121. The van der Waals surface area contributed by atoms with Gasteiger partial charge in [0, 0.05) is 13.1 Å². The second kappa shape index (κ2) is 5.09. The van der Waals surface area contributed by atoms with E-state index >= 15 is 0 Å². The Hall–Kier alpha value is -0.633. The number of amides is 1. The van der Waals surface area contributed by atoms with Gasteiger partial charge >= 0.3 is 14.9 Å². The van der Waals surface area contributed by atoms with E-state index in [4.69, 9.17) is 14.4 Å². The van der Waals surface area contributed by atoms with Gasteiger partial charge in [-0.25, -0.2) is 4.79 Å². The third-order valence-corrected chi connectivity index (χ3v) is 2.12. The molecular weight excluding hydrogens is 182 g/mol. The van der Waals surface area contributed by atoms with Crippen LogP contribution in [0.3, 0.4) is 0 Å². The zero-order chi connectivity index (χ0) is 9.61. The minimum atomic E-state index is -3.95. The topological polar surface area (TPSA) is 99.0 Å². The number of rotatable bonds is 4. The van der Waals surface area contributed by atoms with Gasteiger partial charge in [0.15, 0.2) is 0 Å². The van der Waals surface area contributed by atoms with Gasteiger partial charge in [0.25, 0.3) is 0 Å². The monoisotopic (exact) mass is 195 g/mol. The summed E-state index contributed by atoms with van der Waals surface area (Å²) in [5, 5.41) is 2.23. The van der Waals surface area contributed by atoms with Gasteiger partial charge in [-0.15, -0.1) is 0 Å². The maximum Gasteiger partial charge on any atom is 0.492 e. The Labute approximate surface area is 71.2 Å². The van der Waals surface area contributed by atoms with Gasteiger partial charge in [-0.1, -0.05) is 0 Å². The van der Waals surface area contributed by atoms with Gasteiger partial charge in [0.05, 0.1) is 6.61 Å². The Balaban J connectivity index is 3.28. The second-order valence-corrected chi connectivity index (χ2v) is 4.31. The van der Waals surface area contributed by atoms with E-state index in [1.54, 1.807) is 0 Å². The Morgan fingerprint density at radius 3 is 2.50 bits per heavy atom. The lowest BCUT2D eigenvalue weighted by atomic mass is 10.5. The van der Waals surface area contributed by atoms with Crippen LogP contribution in [-0.2, 0) is 4.74 Å². The molecule has 4 N–H and O–H groups in total. The Morgan fingerprint density at radius 1 is 1.50 bits per heavy atom. The maximum absolute atomic E-state index is 10.4. The van der Waals surface area contributed by atoms with Crippen molar-refractivity contribution in [3.63, 3.8) is 0 Å². The predicted octanol–water partition coefficient (Wildman–Crippen LogP) is -1.35. The lowest BCUT2D eigenvalue weighted by Gasteiger charge is -2.08. The number of alkyl carbamates (subject to hydrolysis) is 1. The third kappa shape index (κ3) is 7.47. The average Bonchev–Trinajstić information content (AvgIpc) is 1.96. The molecule has 0 rings (SSSR count). The summed E-state index contributed by atoms with van der Waals surface area (Å²) in [5.74, 6) is 0. The van der Waals surface area contributed by atoms with Gasteiger partial charge in [0.1, 0.15) is 0 Å². The zero-order valence-corrected chi connectivity index (χ0v) is 7.78. The lowest BCUT2D eigenvalue weighted by Crippen LogP contribution is -2.34.